The predicted molar refractivity (Wildman–Crippen MR) is 70.7 cm³/mol. The molecule has 0 bridgehead atoms. The van der Waals surface area contributed by atoms with Crippen LogP contribution >= 0.6 is 0 Å². The summed E-state index contributed by atoms with van der Waals surface area (Å²) in [6.07, 6.45) is -3.04. The second-order valence-electron chi connectivity index (χ2n) is 4.37. The summed E-state index contributed by atoms with van der Waals surface area (Å²) in [7, 11) is 1.63. The normalized spacial score (nSPS) is 13.2. The van der Waals surface area contributed by atoms with Gasteiger partial charge in [0.2, 0.25) is 0 Å². The van der Waals surface area contributed by atoms with Crippen molar-refractivity contribution in [2.24, 2.45) is 0 Å². The van der Waals surface area contributed by atoms with Crippen molar-refractivity contribution in [2.75, 3.05) is 20.3 Å². The highest BCUT2D eigenvalue weighted by molar-refractivity contribution is 5.30. The van der Waals surface area contributed by atoms with Gasteiger partial charge in [-0.15, -0.1) is 13.2 Å². The number of hydrogen-bond donors (Lipinski definition) is 1. The zero-order chi connectivity index (χ0) is 15.0. The first-order valence-electron chi connectivity index (χ1n) is 6.54. The fourth-order valence-electron chi connectivity index (χ4n) is 1.99. The lowest BCUT2D eigenvalue weighted by Crippen LogP contribution is -2.22. The molecule has 0 aliphatic heterocycles. The van der Waals surface area contributed by atoms with Crippen LogP contribution in [0, 0.1) is 0 Å². The summed E-state index contributed by atoms with van der Waals surface area (Å²) < 4.78 is 45.6. The van der Waals surface area contributed by atoms with Crippen LogP contribution in [0.25, 0.3) is 0 Å². The molecule has 0 aliphatic carbocycles. The number of halogens is 3. The molecule has 0 amide bonds. The maximum absolute atomic E-state index is 12.2. The van der Waals surface area contributed by atoms with Gasteiger partial charge in [0.05, 0.1) is 0 Å². The highest BCUT2D eigenvalue weighted by atomic mass is 19.4. The van der Waals surface area contributed by atoms with E-state index in [1.807, 2.05) is 6.92 Å². The summed E-state index contributed by atoms with van der Waals surface area (Å²) in [6.45, 7) is 3.32. The molecule has 1 aromatic rings. The van der Waals surface area contributed by atoms with E-state index in [1.54, 1.807) is 19.2 Å². The van der Waals surface area contributed by atoms with Gasteiger partial charge >= 0.3 is 6.36 Å². The largest absolute Gasteiger partial charge is 0.573 e. The standard InChI is InChI=1S/C14H20F3NO2/c1-3-18-13(8-5-9-19-2)11-6-4-7-12(10-11)20-14(15,16)17/h4,6-7,10,13,18H,3,5,8-9H2,1-2H3. The first-order valence-corrected chi connectivity index (χ1v) is 6.54. The van der Waals surface area contributed by atoms with E-state index >= 15 is 0 Å². The Kier molecular flexibility index (Phi) is 6.81. The Morgan fingerprint density at radius 1 is 1.30 bits per heavy atom. The highest BCUT2D eigenvalue weighted by Crippen LogP contribution is 2.27. The molecule has 3 nitrogen and oxygen atoms in total. The number of benzene rings is 1. The van der Waals surface area contributed by atoms with Crippen LogP contribution in [-0.2, 0) is 4.74 Å². The Morgan fingerprint density at radius 3 is 2.65 bits per heavy atom. The average Bonchev–Trinajstić information content (AvgIpc) is 2.36. The van der Waals surface area contributed by atoms with Gasteiger partial charge in [0.25, 0.3) is 0 Å². The molecule has 1 aromatic carbocycles. The molecule has 0 radical (unpaired) electrons. The third-order valence-corrected chi connectivity index (χ3v) is 2.79. The van der Waals surface area contributed by atoms with Gasteiger partial charge < -0.3 is 14.8 Å². The molecule has 0 aromatic heterocycles. The molecule has 0 saturated carbocycles. The first kappa shape index (κ1) is 16.8. The van der Waals surface area contributed by atoms with Gasteiger partial charge in [-0.1, -0.05) is 19.1 Å². The van der Waals surface area contributed by atoms with Crippen LogP contribution < -0.4 is 10.1 Å². The van der Waals surface area contributed by atoms with Gasteiger partial charge in [-0.2, -0.15) is 0 Å². The molecular formula is C14H20F3NO2. The number of hydrogen-bond acceptors (Lipinski definition) is 3. The Hall–Kier alpha value is -1.27. The van der Waals surface area contributed by atoms with E-state index in [2.05, 4.69) is 10.1 Å². The Labute approximate surface area is 117 Å². The van der Waals surface area contributed by atoms with Gasteiger partial charge in [-0.25, -0.2) is 0 Å². The van der Waals surface area contributed by atoms with Crippen molar-refractivity contribution in [1.29, 1.82) is 0 Å². The number of rotatable bonds is 8. The lowest BCUT2D eigenvalue weighted by atomic mass is 10.0. The van der Waals surface area contributed by atoms with E-state index in [0.717, 1.165) is 24.9 Å². The van der Waals surface area contributed by atoms with Crippen molar-refractivity contribution in [3.63, 3.8) is 0 Å². The molecule has 1 unspecified atom stereocenters. The van der Waals surface area contributed by atoms with Crippen LogP contribution in [0.2, 0.25) is 0 Å². The molecule has 1 N–H and O–H groups in total. The summed E-state index contributed by atoms with van der Waals surface area (Å²) in [5, 5.41) is 3.26. The Bertz CT molecular complexity index is 396. The first-order chi connectivity index (χ1) is 9.46. The molecule has 114 valence electrons. The molecule has 0 heterocycles. The summed E-state index contributed by atoms with van der Waals surface area (Å²) in [4.78, 5) is 0. The number of methoxy groups -OCH3 is 1. The second kappa shape index (κ2) is 8.11. The van der Waals surface area contributed by atoms with Crippen LogP contribution in [0.5, 0.6) is 5.75 Å². The molecule has 0 spiro atoms. The van der Waals surface area contributed by atoms with Gasteiger partial charge in [-0.05, 0) is 37.1 Å². The number of alkyl halides is 3. The lowest BCUT2D eigenvalue weighted by molar-refractivity contribution is -0.274. The van der Waals surface area contributed by atoms with Crippen molar-refractivity contribution in [3.05, 3.63) is 29.8 Å². The minimum absolute atomic E-state index is 0.00747. The van der Waals surface area contributed by atoms with Crippen LogP contribution in [0.15, 0.2) is 24.3 Å². The van der Waals surface area contributed by atoms with E-state index in [-0.39, 0.29) is 11.8 Å². The topological polar surface area (TPSA) is 30.5 Å². The third-order valence-electron chi connectivity index (χ3n) is 2.79. The van der Waals surface area contributed by atoms with E-state index < -0.39 is 6.36 Å². The molecule has 0 fully saturated rings. The van der Waals surface area contributed by atoms with Crippen molar-refractivity contribution < 1.29 is 22.6 Å². The van der Waals surface area contributed by atoms with Gasteiger partial charge in [0.15, 0.2) is 0 Å². The lowest BCUT2D eigenvalue weighted by Gasteiger charge is -2.19. The zero-order valence-electron chi connectivity index (χ0n) is 11.7. The second-order valence-corrected chi connectivity index (χ2v) is 4.37. The third kappa shape index (κ3) is 6.25. The monoisotopic (exact) mass is 291 g/mol. The van der Waals surface area contributed by atoms with Gasteiger partial charge in [0.1, 0.15) is 5.75 Å². The molecular weight excluding hydrogens is 271 g/mol. The van der Waals surface area contributed by atoms with Crippen LogP contribution in [0.1, 0.15) is 31.4 Å². The molecule has 1 rings (SSSR count). The fourth-order valence-corrected chi connectivity index (χ4v) is 1.99. The van der Waals surface area contributed by atoms with E-state index in [9.17, 15) is 13.2 Å². The number of nitrogens with one attached hydrogen (secondary N) is 1. The summed E-state index contributed by atoms with van der Waals surface area (Å²) in [6, 6.07) is 6.08. The van der Waals surface area contributed by atoms with Gasteiger partial charge in [-0.3, -0.25) is 0 Å². The Morgan fingerprint density at radius 2 is 2.05 bits per heavy atom. The summed E-state index contributed by atoms with van der Waals surface area (Å²) in [5.41, 5.74) is 0.782. The Balaban J connectivity index is 2.76. The molecule has 20 heavy (non-hydrogen) atoms. The SMILES string of the molecule is CCNC(CCCOC)c1cccc(OC(F)(F)F)c1. The van der Waals surface area contributed by atoms with Crippen LogP contribution in [-0.4, -0.2) is 26.6 Å². The maximum atomic E-state index is 12.2. The van der Waals surface area contributed by atoms with E-state index in [4.69, 9.17) is 4.74 Å². The fraction of sp³-hybridized carbons (Fsp3) is 0.571. The minimum atomic E-state index is -4.66. The quantitative estimate of drug-likeness (QED) is 0.741. The number of ether oxygens (including phenoxy) is 2. The van der Waals surface area contributed by atoms with Crippen molar-refractivity contribution in [3.8, 4) is 5.75 Å². The zero-order valence-corrected chi connectivity index (χ0v) is 11.7. The van der Waals surface area contributed by atoms with Crippen LogP contribution in [0.4, 0.5) is 13.2 Å². The molecule has 6 heteroatoms. The van der Waals surface area contributed by atoms with E-state index in [0.29, 0.717) is 6.61 Å². The molecule has 1 atom stereocenters. The van der Waals surface area contributed by atoms with E-state index in [1.165, 1.54) is 12.1 Å². The predicted octanol–water partition coefficient (Wildman–Crippen LogP) is 3.66. The summed E-state index contributed by atoms with van der Waals surface area (Å²) >= 11 is 0. The van der Waals surface area contributed by atoms with Gasteiger partial charge in [0, 0.05) is 19.8 Å². The maximum Gasteiger partial charge on any atom is 0.573 e. The van der Waals surface area contributed by atoms with Crippen molar-refractivity contribution in [1.82, 2.24) is 5.32 Å². The van der Waals surface area contributed by atoms with Crippen LogP contribution in [0.3, 0.4) is 0 Å². The van der Waals surface area contributed by atoms with Crippen molar-refractivity contribution >= 4 is 0 Å². The molecule has 0 aliphatic rings. The smallest absolute Gasteiger partial charge is 0.406 e. The minimum Gasteiger partial charge on any atom is -0.406 e. The van der Waals surface area contributed by atoms with Crippen molar-refractivity contribution in [2.45, 2.75) is 32.2 Å². The highest BCUT2D eigenvalue weighted by Gasteiger charge is 2.31. The summed E-state index contributed by atoms with van der Waals surface area (Å²) in [5.74, 6) is -0.190. The molecule has 0 saturated heterocycles. The average molecular weight is 291 g/mol.